The molecule has 1 aromatic carbocycles. The molecular formula is C18H30O3. The van der Waals surface area contributed by atoms with E-state index >= 15 is 0 Å². The number of benzene rings is 1. The van der Waals surface area contributed by atoms with Crippen LogP contribution in [0.2, 0.25) is 0 Å². The first-order valence-electron chi connectivity index (χ1n) is 8.36. The van der Waals surface area contributed by atoms with Crippen LogP contribution in [0.3, 0.4) is 0 Å². The van der Waals surface area contributed by atoms with Gasteiger partial charge < -0.3 is 14.9 Å². The zero-order valence-electron chi connectivity index (χ0n) is 13.5. The van der Waals surface area contributed by atoms with Crippen molar-refractivity contribution < 1.29 is 14.9 Å². The maximum atomic E-state index is 9.81. The van der Waals surface area contributed by atoms with Crippen LogP contribution in [-0.2, 0) is 0 Å². The van der Waals surface area contributed by atoms with Gasteiger partial charge in [-0.2, -0.15) is 0 Å². The summed E-state index contributed by atoms with van der Waals surface area (Å²) in [7, 11) is 0. The van der Waals surface area contributed by atoms with Crippen molar-refractivity contribution in [2.24, 2.45) is 0 Å². The average Bonchev–Trinajstić information content (AvgIpc) is 2.47. The van der Waals surface area contributed by atoms with Crippen molar-refractivity contribution in [1.82, 2.24) is 0 Å². The third-order valence-corrected chi connectivity index (χ3v) is 3.76. The Hall–Kier alpha value is -1.38. The Morgan fingerprint density at radius 2 is 1.62 bits per heavy atom. The Morgan fingerprint density at radius 1 is 0.905 bits per heavy atom. The fourth-order valence-corrected chi connectivity index (χ4v) is 2.52. The molecule has 0 radical (unpaired) electrons. The lowest BCUT2D eigenvalue weighted by atomic mass is 10.0. The molecule has 3 nitrogen and oxygen atoms in total. The average molecular weight is 294 g/mol. The minimum absolute atomic E-state index is 0.119. The Balaban J connectivity index is 2.40. The molecule has 0 aliphatic carbocycles. The van der Waals surface area contributed by atoms with Gasteiger partial charge in [0, 0.05) is 0 Å². The van der Waals surface area contributed by atoms with Gasteiger partial charge in [0.15, 0.2) is 11.5 Å². The zero-order valence-corrected chi connectivity index (χ0v) is 13.5. The Morgan fingerprint density at radius 3 is 2.33 bits per heavy atom. The fourth-order valence-electron chi connectivity index (χ4n) is 2.52. The van der Waals surface area contributed by atoms with Crippen LogP contribution < -0.4 is 4.74 Å². The van der Waals surface area contributed by atoms with Gasteiger partial charge in [0.05, 0.1) is 6.10 Å². The van der Waals surface area contributed by atoms with Crippen molar-refractivity contribution in [3.05, 3.63) is 18.2 Å². The molecule has 0 bridgehead atoms. The highest BCUT2D eigenvalue weighted by atomic mass is 16.5. The molecule has 3 heteroatoms. The van der Waals surface area contributed by atoms with Crippen LogP contribution in [0, 0.1) is 0 Å². The Bertz CT molecular complexity index is 390. The topological polar surface area (TPSA) is 49.7 Å². The molecule has 0 aliphatic rings. The first kappa shape index (κ1) is 17.7. The van der Waals surface area contributed by atoms with Gasteiger partial charge in [-0.05, 0) is 31.4 Å². The van der Waals surface area contributed by atoms with Crippen LogP contribution in [0.1, 0.15) is 71.6 Å². The summed E-state index contributed by atoms with van der Waals surface area (Å²) in [5, 5.41) is 19.3. The first-order chi connectivity index (χ1) is 10.2. The molecule has 1 atom stereocenters. The van der Waals surface area contributed by atoms with Crippen molar-refractivity contribution in [3.63, 3.8) is 0 Å². The number of rotatable bonds is 11. The smallest absolute Gasteiger partial charge is 0.200 e. The van der Waals surface area contributed by atoms with E-state index in [1.165, 1.54) is 38.2 Å². The monoisotopic (exact) mass is 294 g/mol. The molecule has 0 spiro atoms. The van der Waals surface area contributed by atoms with E-state index in [4.69, 9.17) is 4.74 Å². The number of phenols is 2. The maximum absolute atomic E-state index is 9.81. The molecular weight excluding hydrogens is 264 g/mol. The van der Waals surface area contributed by atoms with E-state index in [1.807, 2.05) is 0 Å². The molecule has 0 aliphatic heterocycles. The van der Waals surface area contributed by atoms with Gasteiger partial charge in [0.1, 0.15) is 0 Å². The van der Waals surface area contributed by atoms with Gasteiger partial charge >= 0.3 is 0 Å². The summed E-state index contributed by atoms with van der Waals surface area (Å²) in [6.07, 6.45) is 10.8. The summed E-state index contributed by atoms with van der Waals surface area (Å²) >= 11 is 0. The molecule has 21 heavy (non-hydrogen) atoms. The number of hydrogen-bond donors (Lipinski definition) is 2. The van der Waals surface area contributed by atoms with Crippen LogP contribution in [0.4, 0.5) is 0 Å². The highest BCUT2D eigenvalue weighted by Crippen LogP contribution is 2.35. The lowest BCUT2D eigenvalue weighted by Crippen LogP contribution is -2.16. The summed E-state index contributed by atoms with van der Waals surface area (Å²) in [5.41, 5.74) is 0. The number of ether oxygens (including phenoxy) is 1. The number of unbranched alkanes of at least 4 members (excludes halogenated alkanes) is 5. The van der Waals surface area contributed by atoms with E-state index in [1.54, 1.807) is 12.1 Å². The van der Waals surface area contributed by atoms with E-state index in [0.29, 0.717) is 5.75 Å². The lowest BCUT2D eigenvalue weighted by Gasteiger charge is -2.19. The highest BCUT2D eigenvalue weighted by molar-refractivity contribution is 5.48. The van der Waals surface area contributed by atoms with Gasteiger partial charge in [0.2, 0.25) is 5.75 Å². The second kappa shape index (κ2) is 10.4. The minimum Gasteiger partial charge on any atom is -0.504 e. The second-order valence-corrected chi connectivity index (χ2v) is 5.71. The third-order valence-electron chi connectivity index (χ3n) is 3.76. The quantitative estimate of drug-likeness (QED) is 0.424. The summed E-state index contributed by atoms with van der Waals surface area (Å²) in [4.78, 5) is 0. The van der Waals surface area contributed by atoms with Crippen molar-refractivity contribution >= 4 is 0 Å². The molecule has 0 amide bonds. The SMILES string of the molecule is CCCCCCCCC(CCC)Oc1cccc(O)c1O. The zero-order chi connectivity index (χ0) is 15.5. The normalized spacial score (nSPS) is 12.3. The molecule has 1 rings (SSSR count). The van der Waals surface area contributed by atoms with Crippen LogP contribution in [0.15, 0.2) is 18.2 Å². The summed E-state index contributed by atoms with van der Waals surface area (Å²) < 4.78 is 5.88. The van der Waals surface area contributed by atoms with E-state index in [2.05, 4.69) is 13.8 Å². The van der Waals surface area contributed by atoms with E-state index < -0.39 is 0 Å². The summed E-state index contributed by atoms with van der Waals surface area (Å²) in [5.74, 6) is 0.114. The summed E-state index contributed by atoms with van der Waals surface area (Å²) in [6.45, 7) is 4.37. The van der Waals surface area contributed by atoms with Gasteiger partial charge in [-0.1, -0.05) is 58.4 Å². The molecule has 0 aromatic heterocycles. The van der Waals surface area contributed by atoms with Crippen LogP contribution >= 0.6 is 0 Å². The number of aromatic hydroxyl groups is 2. The standard InChI is InChI=1S/C18H30O3/c1-3-5-6-7-8-9-12-15(11-4-2)21-17-14-10-13-16(19)18(17)20/h10,13-15,19-20H,3-9,11-12H2,1-2H3. The second-order valence-electron chi connectivity index (χ2n) is 5.71. The fraction of sp³-hybridized carbons (Fsp3) is 0.667. The molecule has 120 valence electrons. The highest BCUT2D eigenvalue weighted by Gasteiger charge is 2.13. The molecule has 1 aromatic rings. The molecule has 0 fully saturated rings. The molecule has 1 unspecified atom stereocenters. The first-order valence-corrected chi connectivity index (χ1v) is 8.36. The van der Waals surface area contributed by atoms with E-state index in [-0.39, 0.29) is 17.6 Å². The Labute approximate surface area is 129 Å². The van der Waals surface area contributed by atoms with Gasteiger partial charge in [0.25, 0.3) is 0 Å². The van der Waals surface area contributed by atoms with Gasteiger partial charge in [-0.15, -0.1) is 0 Å². The predicted octanol–water partition coefficient (Wildman–Crippen LogP) is 5.40. The van der Waals surface area contributed by atoms with Crippen molar-refractivity contribution in [2.45, 2.75) is 77.7 Å². The van der Waals surface area contributed by atoms with Crippen LogP contribution in [-0.4, -0.2) is 16.3 Å². The van der Waals surface area contributed by atoms with E-state index in [9.17, 15) is 10.2 Å². The lowest BCUT2D eigenvalue weighted by molar-refractivity contribution is 0.168. The maximum Gasteiger partial charge on any atom is 0.200 e. The number of hydrogen-bond acceptors (Lipinski definition) is 3. The molecule has 0 heterocycles. The van der Waals surface area contributed by atoms with Crippen LogP contribution in [0.25, 0.3) is 0 Å². The van der Waals surface area contributed by atoms with Gasteiger partial charge in [-0.3, -0.25) is 0 Å². The van der Waals surface area contributed by atoms with Gasteiger partial charge in [-0.25, -0.2) is 0 Å². The van der Waals surface area contributed by atoms with Crippen LogP contribution in [0.5, 0.6) is 17.2 Å². The Kier molecular flexibility index (Phi) is 8.72. The summed E-state index contributed by atoms with van der Waals surface area (Å²) in [6, 6.07) is 4.86. The molecule has 0 saturated heterocycles. The minimum atomic E-state index is -0.151. The number of para-hydroxylation sites is 1. The van der Waals surface area contributed by atoms with Crippen molar-refractivity contribution in [1.29, 1.82) is 0 Å². The third kappa shape index (κ3) is 6.74. The molecule has 2 N–H and O–H groups in total. The largest absolute Gasteiger partial charge is 0.504 e. The number of phenolic OH excluding ortho intramolecular Hbond substituents is 2. The van der Waals surface area contributed by atoms with E-state index in [0.717, 1.165) is 25.7 Å². The van der Waals surface area contributed by atoms with Crippen molar-refractivity contribution in [2.75, 3.05) is 0 Å². The predicted molar refractivity (Wildman–Crippen MR) is 87.1 cm³/mol. The van der Waals surface area contributed by atoms with Crippen molar-refractivity contribution in [3.8, 4) is 17.2 Å². The molecule has 0 saturated carbocycles.